The SMILES string of the molecule is CC(=O)N[C@@H](C)CO[C@H]1C[C@H](COc2nccc3cc(F)ccc23)C1. The Hall–Kier alpha value is -2.21. The van der Waals surface area contributed by atoms with Crippen LogP contribution in [0.5, 0.6) is 5.88 Å². The number of amides is 1. The van der Waals surface area contributed by atoms with Crippen LogP contribution in [-0.4, -0.2) is 36.3 Å². The number of aromatic nitrogens is 1. The first kappa shape index (κ1) is 17.6. The van der Waals surface area contributed by atoms with E-state index in [0.717, 1.165) is 23.6 Å². The molecule has 5 nitrogen and oxygen atoms in total. The third-order valence-electron chi connectivity index (χ3n) is 4.37. The molecule has 0 aliphatic heterocycles. The zero-order valence-electron chi connectivity index (χ0n) is 14.5. The van der Waals surface area contributed by atoms with Gasteiger partial charge in [0.15, 0.2) is 0 Å². The van der Waals surface area contributed by atoms with Gasteiger partial charge in [-0.25, -0.2) is 9.37 Å². The first-order valence-electron chi connectivity index (χ1n) is 8.57. The van der Waals surface area contributed by atoms with Gasteiger partial charge in [-0.05, 0) is 55.3 Å². The highest BCUT2D eigenvalue weighted by molar-refractivity contribution is 5.86. The van der Waals surface area contributed by atoms with Gasteiger partial charge >= 0.3 is 0 Å². The van der Waals surface area contributed by atoms with Crippen LogP contribution in [0.25, 0.3) is 10.8 Å². The molecule has 0 radical (unpaired) electrons. The summed E-state index contributed by atoms with van der Waals surface area (Å²) in [7, 11) is 0. The van der Waals surface area contributed by atoms with Gasteiger partial charge in [0.05, 0.1) is 19.3 Å². The zero-order chi connectivity index (χ0) is 17.8. The van der Waals surface area contributed by atoms with Crippen molar-refractivity contribution in [3.63, 3.8) is 0 Å². The van der Waals surface area contributed by atoms with Gasteiger partial charge in [-0.2, -0.15) is 0 Å². The number of ether oxygens (including phenoxy) is 2. The van der Waals surface area contributed by atoms with Gasteiger partial charge in [-0.15, -0.1) is 0 Å². The normalized spacial score (nSPS) is 20.8. The van der Waals surface area contributed by atoms with Gasteiger partial charge in [-0.3, -0.25) is 4.79 Å². The lowest BCUT2D eigenvalue weighted by molar-refractivity contribution is -0.120. The van der Waals surface area contributed by atoms with E-state index in [9.17, 15) is 9.18 Å². The van der Waals surface area contributed by atoms with E-state index >= 15 is 0 Å². The second-order valence-electron chi connectivity index (χ2n) is 6.69. The molecule has 1 amide bonds. The van der Waals surface area contributed by atoms with Crippen molar-refractivity contribution in [2.75, 3.05) is 13.2 Å². The Morgan fingerprint density at radius 1 is 1.40 bits per heavy atom. The summed E-state index contributed by atoms with van der Waals surface area (Å²) in [4.78, 5) is 15.2. The Labute approximate surface area is 146 Å². The number of rotatable bonds is 7. The predicted octanol–water partition coefficient (Wildman–Crippen LogP) is 3.07. The fraction of sp³-hybridized carbons (Fsp3) is 0.474. The summed E-state index contributed by atoms with van der Waals surface area (Å²) in [5.74, 6) is 0.662. The van der Waals surface area contributed by atoms with Crippen molar-refractivity contribution in [1.29, 1.82) is 0 Å². The highest BCUT2D eigenvalue weighted by atomic mass is 19.1. The lowest BCUT2D eigenvalue weighted by Crippen LogP contribution is -2.40. The summed E-state index contributed by atoms with van der Waals surface area (Å²) in [5.41, 5.74) is 0. The van der Waals surface area contributed by atoms with Gasteiger partial charge in [-0.1, -0.05) is 0 Å². The number of benzene rings is 1. The Morgan fingerprint density at radius 3 is 2.96 bits per heavy atom. The van der Waals surface area contributed by atoms with Crippen molar-refractivity contribution < 1.29 is 18.7 Å². The number of pyridine rings is 1. The van der Waals surface area contributed by atoms with Crippen LogP contribution in [0.1, 0.15) is 26.7 Å². The van der Waals surface area contributed by atoms with Crippen molar-refractivity contribution >= 4 is 16.7 Å². The molecule has 0 unspecified atom stereocenters. The quantitative estimate of drug-likeness (QED) is 0.837. The monoisotopic (exact) mass is 346 g/mol. The van der Waals surface area contributed by atoms with E-state index in [-0.39, 0.29) is 23.9 Å². The van der Waals surface area contributed by atoms with E-state index in [0.29, 0.717) is 25.0 Å². The molecule has 1 aromatic heterocycles. The number of nitrogens with one attached hydrogen (secondary N) is 1. The molecule has 1 aliphatic rings. The number of hydrogen-bond donors (Lipinski definition) is 1. The number of hydrogen-bond acceptors (Lipinski definition) is 4. The molecular weight excluding hydrogens is 323 g/mol. The van der Waals surface area contributed by atoms with Crippen LogP contribution in [0, 0.1) is 11.7 Å². The molecule has 2 aromatic rings. The molecule has 1 saturated carbocycles. The maximum atomic E-state index is 13.3. The molecule has 1 atom stereocenters. The molecule has 134 valence electrons. The van der Waals surface area contributed by atoms with E-state index < -0.39 is 0 Å². The molecule has 1 heterocycles. The van der Waals surface area contributed by atoms with E-state index in [4.69, 9.17) is 9.47 Å². The summed E-state index contributed by atoms with van der Waals surface area (Å²) in [6.07, 6.45) is 3.73. The minimum absolute atomic E-state index is 0.0214. The van der Waals surface area contributed by atoms with Crippen molar-refractivity contribution in [1.82, 2.24) is 10.3 Å². The highest BCUT2D eigenvalue weighted by Gasteiger charge is 2.31. The van der Waals surface area contributed by atoms with Gasteiger partial charge in [0.25, 0.3) is 0 Å². The van der Waals surface area contributed by atoms with Gasteiger partial charge < -0.3 is 14.8 Å². The molecule has 0 bridgehead atoms. The minimum Gasteiger partial charge on any atom is -0.477 e. The van der Waals surface area contributed by atoms with Crippen LogP contribution >= 0.6 is 0 Å². The lowest BCUT2D eigenvalue weighted by atomic mass is 9.83. The Morgan fingerprint density at radius 2 is 2.20 bits per heavy atom. The molecule has 3 rings (SSSR count). The summed E-state index contributed by atoms with van der Waals surface area (Å²) in [6, 6.07) is 6.39. The fourth-order valence-corrected chi connectivity index (χ4v) is 3.05. The molecular formula is C19H23FN2O3. The molecule has 0 spiro atoms. The Kier molecular flexibility index (Phi) is 5.48. The number of fused-ring (bicyclic) bond motifs is 1. The van der Waals surface area contributed by atoms with Gasteiger partial charge in [0, 0.05) is 24.5 Å². The second kappa shape index (κ2) is 7.78. The highest BCUT2D eigenvalue weighted by Crippen LogP contribution is 2.31. The third-order valence-corrected chi connectivity index (χ3v) is 4.37. The largest absolute Gasteiger partial charge is 0.477 e. The lowest BCUT2D eigenvalue weighted by Gasteiger charge is -2.35. The van der Waals surface area contributed by atoms with Crippen LogP contribution in [0.2, 0.25) is 0 Å². The third kappa shape index (κ3) is 4.66. The summed E-state index contributed by atoms with van der Waals surface area (Å²) < 4.78 is 24.9. The van der Waals surface area contributed by atoms with Gasteiger partial charge in [0.2, 0.25) is 11.8 Å². The smallest absolute Gasteiger partial charge is 0.221 e. The molecule has 0 saturated heterocycles. The molecule has 6 heteroatoms. The zero-order valence-corrected chi connectivity index (χ0v) is 14.5. The summed E-state index contributed by atoms with van der Waals surface area (Å²) >= 11 is 0. The van der Waals surface area contributed by atoms with Crippen molar-refractivity contribution in [3.8, 4) is 5.88 Å². The van der Waals surface area contributed by atoms with Crippen LogP contribution in [-0.2, 0) is 9.53 Å². The fourth-order valence-electron chi connectivity index (χ4n) is 3.05. The van der Waals surface area contributed by atoms with Crippen LogP contribution in [0.4, 0.5) is 4.39 Å². The maximum Gasteiger partial charge on any atom is 0.221 e. The van der Waals surface area contributed by atoms with E-state index in [1.54, 1.807) is 18.3 Å². The first-order valence-corrected chi connectivity index (χ1v) is 8.57. The van der Waals surface area contributed by atoms with Crippen LogP contribution in [0.15, 0.2) is 30.5 Å². The standard InChI is InChI=1S/C19H23FN2O3/c1-12(22-13(2)23)10-24-17-7-14(8-17)11-25-19-18-4-3-16(20)9-15(18)5-6-21-19/h3-6,9,12,14,17H,7-8,10-11H2,1-2H3,(H,22,23)/t12-,14-,17-/m0/s1. The van der Waals surface area contributed by atoms with Gasteiger partial charge in [0.1, 0.15) is 5.82 Å². The van der Waals surface area contributed by atoms with Crippen LogP contribution in [0.3, 0.4) is 0 Å². The number of carbonyl (C=O) groups excluding carboxylic acids is 1. The average molecular weight is 346 g/mol. The Balaban J connectivity index is 1.43. The summed E-state index contributed by atoms with van der Waals surface area (Å²) in [6.45, 7) is 4.53. The minimum atomic E-state index is -0.267. The number of nitrogens with zero attached hydrogens (tertiary/aromatic N) is 1. The van der Waals surface area contributed by atoms with E-state index in [1.165, 1.54) is 19.1 Å². The van der Waals surface area contributed by atoms with Crippen LogP contribution < -0.4 is 10.1 Å². The molecule has 1 aromatic carbocycles. The molecule has 1 fully saturated rings. The number of carbonyl (C=O) groups is 1. The van der Waals surface area contributed by atoms with Crippen molar-refractivity contribution in [2.45, 2.75) is 38.8 Å². The summed E-state index contributed by atoms with van der Waals surface area (Å²) in [5, 5.41) is 4.41. The molecule has 25 heavy (non-hydrogen) atoms. The average Bonchev–Trinajstić information content (AvgIpc) is 2.51. The Bertz CT molecular complexity index is 747. The van der Waals surface area contributed by atoms with Crippen molar-refractivity contribution in [2.24, 2.45) is 5.92 Å². The molecule has 1 aliphatic carbocycles. The van der Waals surface area contributed by atoms with Crippen molar-refractivity contribution in [3.05, 3.63) is 36.3 Å². The maximum absolute atomic E-state index is 13.3. The van der Waals surface area contributed by atoms with E-state index in [1.807, 2.05) is 6.92 Å². The second-order valence-corrected chi connectivity index (χ2v) is 6.69. The topological polar surface area (TPSA) is 60.5 Å². The molecule has 1 N–H and O–H groups in total. The van der Waals surface area contributed by atoms with E-state index in [2.05, 4.69) is 10.3 Å². The first-order chi connectivity index (χ1) is 12.0. The predicted molar refractivity (Wildman–Crippen MR) is 92.9 cm³/mol. The number of halogens is 1.